The molecular weight excluding hydrogens is 300 g/mol. The number of rotatable bonds is 4. The molecule has 0 aliphatic rings. The Labute approximate surface area is 112 Å². The maximum Gasteiger partial charge on any atom is 0.309 e. The Morgan fingerprint density at radius 3 is 2.89 bits per heavy atom. The first-order valence-electron chi connectivity index (χ1n) is 5.20. The van der Waals surface area contributed by atoms with Crippen LogP contribution in [0.5, 0.6) is 5.75 Å². The van der Waals surface area contributed by atoms with Crippen molar-refractivity contribution in [3.63, 3.8) is 0 Å². The fraction of sp³-hybridized carbons (Fsp3) is 0.167. The lowest BCUT2D eigenvalue weighted by atomic mass is 10.1. The van der Waals surface area contributed by atoms with Crippen molar-refractivity contribution < 1.29 is 14.6 Å². The van der Waals surface area contributed by atoms with Crippen LogP contribution in [0.4, 0.5) is 0 Å². The van der Waals surface area contributed by atoms with Gasteiger partial charge in [-0.2, -0.15) is 5.10 Å². The van der Waals surface area contributed by atoms with Crippen LogP contribution in [0.1, 0.15) is 5.69 Å². The van der Waals surface area contributed by atoms with Gasteiger partial charge < -0.3 is 9.84 Å². The van der Waals surface area contributed by atoms with E-state index in [0.717, 1.165) is 15.8 Å². The highest BCUT2D eigenvalue weighted by atomic mass is 79.9. The normalized spacial score (nSPS) is 10.3. The van der Waals surface area contributed by atoms with E-state index in [-0.39, 0.29) is 6.42 Å². The van der Waals surface area contributed by atoms with E-state index in [4.69, 9.17) is 9.84 Å². The number of ether oxygens (including phenoxy) is 1. The number of hydrogen-bond acceptors (Lipinski definition) is 3. The summed E-state index contributed by atoms with van der Waals surface area (Å²) >= 11 is 3.39. The van der Waals surface area contributed by atoms with Crippen molar-refractivity contribution in [3.05, 3.63) is 34.4 Å². The van der Waals surface area contributed by atoms with Gasteiger partial charge in [-0.25, -0.2) is 0 Å². The minimum Gasteiger partial charge on any atom is -0.496 e. The van der Waals surface area contributed by atoms with Crippen LogP contribution in [0.3, 0.4) is 0 Å². The van der Waals surface area contributed by atoms with Gasteiger partial charge in [0.1, 0.15) is 5.75 Å². The number of nitrogens with one attached hydrogen (secondary N) is 1. The number of carboxylic acid groups (broad SMARTS) is 1. The van der Waals surface area contributed by atoms with E-state index in [9.17, 15) is 4.79 Å². The van der Waals surface area contributed by atoms with Crippen molar-refractivity contribution in [2.45, 2.75) is 6.42 Å². The maximum atomic E-state index is 10.6. The molecule has 0 saturated carbocycles. The van der Waals surface area contributed by atoms with Gasteiger partial charge in [0.25, 0.3) is 0 Å². The van der Waals surface area contributed by atoms with Gasteiger partial charge in [-0.15, -0.1) is 0 Å². The third kappa shape index (κ3) is 2.70. The Kier molecular flexibility index (Phi) is 3.66. The molecular formula is C12H11BrN2O3. The lowest BCUT2D eigenvalue weighted by molar-refractivity contribution is -0.136. The molecule has 0 saturated heterocycles. The molecule has 6 heteroatoms. The molecule has 2 N–H and O–H groups in total. The Balaban J connectivity index is 2.28. The van der Waals surface area contributed by atoms with Crippen molar-refractivity contribution in [2.24, 2.45) is 0 Å². The van der Waals surface area contributed by atoms with E-state index >= 15 is 0 Å². The van der Waals surface area contributed by atoms with Crippen molar-refractivity contribution in [3.8, 4) is 17.0 Å². The summed E-state index contributed by atoms with van der Waals surface area (Å²) in [6.07, 6.45) is -0.0652. The van der Waals surface area contributed by atoms with Crippen LogP contribution in [-0.2, 0) is 11.2 Å². The molecule has 1 aromatic heterocycles. The van der Waals surface area contributed by atoms with Gasteiger partial charge >= 0.3 is 5.97 Å². The second-order valence-electron chi connectivity index (χ2n) is 3.70. The smallest absolute Gasteiger partial charge is 0.309 e. The first-order chi connectivity index (χ1) is 8.60. The number of aromatic amines is 1. The summed E-state index contributed by atoms with van der Waals surface area (Å²) < 4.78 is 5.97. The lowest BCUT2D eigenvalue weighted by Gasteiger charge is -2.04. The van der Waals surface area contributed by atoms with Crippen LogP contribution in [-0.4, -0.2) is 28.4 Å². The molecule has 5 nitrogen and oxygen atoms in total. The monoisotopic (exact) mass is 310 g/mol. The molecule has 0 spiro atoms. The van der Waals surface area contributed by atoms with Crippen LogP contribution < -0.4 is 4.74 Å². The van der Waals surface area contributed by atoms with Crippen molar-refractivity contribution in [1.82, 2.24) is 10.2 Å². The highest BCUT2D eigenvalue weighted by molar-refractivity contribution is 9.10. The molecule has 0 bridgehead atoms. The van der Waals surface area contributed by atoms with Crippen LogP contribution in [0.25, 0.3) is 11.3 Å². The molecule has 0 unspecified atom stereocenters. The number of hydrogen-bond donors (Lipinski definition) is 2. The van der Waals surface area contributed by atoms with Gasteiger partial charge in [-0.3, -0.25) is 9.89 Å². The van der Waals surface area contributed by atoms with Crippen LogP contribution >= 0.6 is 15.9 Å². The zero-order chi connectivity index (χ0) is 13.1. The molecule has 0 aliphatic heterocycles. The minimum atomic E-state index is -0.888. The SMILES string of the molecule is COc1ccc(-c2cc(CC(=O)O)[nH]n2)cc1Br. The Bertz CT molecular complexity index is 580. The summed E-state index contributed by atoms with van der Waals surface area (Å²) in [6.45, 7) is 0. The Hall–Kier alpha value is -1.82. The number of H-pyrrole nitrogens is 1. The molecule has 0 aliphatic carbocycles. The number of methoxy groups -OCH3 is 1. The van der Waals surface area contributed by atoms with Crippen molar-refractivity contribution in [2.75, 3.05) is 7.11 Å². The molecule has 0 amide bonds. The van der Waals surface area contributed by atoms with Crippen molar-refractivity contribution >= 4 is 21.9 Å². The fourth-order valence-corrected chi connectivity index (χ4v) is 2.13. The third-order valence-corrected chi connectivity index (χ3v) is 3.04. The number of aromatic nitrogens is 2. The van der Waals surface area contributed by atoms with E-state index < -0.39 is 5.97 Å². The van der Waals surface area contributed by atoms with Gasteiger partial charge in [-0.05, 0) is 40.2 Å². The molecule has 1 aromatic carbocycles. The predicted molar refractivity (Wildman–Crippen MR) is 69.6 cm³/mol. The summed E-state index contributed by atoms with van der Waals surface area (Å²) in [7, 11) is 1.60. The standard InChI is InChI=1S/C12H11BrN2O3/c1-18-11-3-2-7(4-9(11)13)10-5-8(14-15-10)6-12(16)17/h2-5H,6H2,1H3,(H,14,15)(H,16,17). The van der Waals surface area contributed by atoms with E-state index in [2.05, 4.69) is 26.1 Å². The number of aliphatic carboxylic acids is 1. The second kappa shape index (κ2) is 5.22. The van der Waals surface area contributed by atoms with E-state index in [1.807, 2.05) is 18.2 Å². The summed E-state index contributed by atoms with van der Waals surface area (Å²) in [4.78, 5) is 10.6. The Morgan fingerprint density at radius 2 is 2.28 bits per heavy atom. The summed E-state index contributed by atoms with van der Waals surface area (Å²) in [5, 5.41) is 15.5. The van der Waals surface area contributed by atoms with E-state index in [1.165, 1.54) is 0 Å². The highest BCUT2D eigenvalue weighted by Crippen LogP contribution is 2.29. The molecule has 0 radical (unpaired) electrons. The van der Waals surface area contributed by atoms with Crippen LogP contribution in [0.2, 0.25) is 0 Å². The molecule has 2 aromatic rings. The van der Waals surface area contributed by atoms with Gasteiger partial charge in [-0.1, -0.05) is 0 Å². The molecule has 1 heterocycles. The number of halogens is 1. The van der Waals surface area contributed by atoms with E-state index in [1.54, 1.807) is 13.2 Å². The van der Waals surface area contributed by atoms with Crippen molar-refractivity contribution in [1.29, 1.82) is 0 Å². The number of carbonyl (C=O) groups is 1. The topological polar surface area (TPSA) is 75.2 Å². The molecule has 2 rings (SSSR count). The zero-order valence-corrected chi connectivity index (χ0v) is 11.2. The Morgan fingerprint density at radius 1 is 1.50 bits per heavy atom. The van der Waals surface area contributed by atoms with E-state index in [0.29, 0.717) is 11.4 Å². The van der Waals surface area contributed by atoms with Gasteiger partial charge in [0.15, 0.2) is 0 Å². The summed E-state index contributed by atoms with van der Waals surface area (Å²) in [6, 6.07) is 7.29. The quantitative estimate of drug-likeness (QED) is 0.909. The predicted octanol–water partition coefficient (Wildman–Crippen LogP) is 2.47. The fourth-order valence-electron chi connectivity index (χ4n) is 1.59. The summed E-state index contributed by atoms with van der Waals surface area (Å²) in [5.74, 6) is -0.152. The highest BCUT2D eigenvalue weighted by Gasteiger charge is 2.09. The first-order valence-corrected chi connectivity index (χ1v) is 5.99. The largest absolute Gasteiger partial charge is 0.496 e. The zero-order valence-electron chi connectivity index (χ0n) is 9.61. The number of carboxylic acids is 1. The minimum absolute atomic E-state index is 0.0652. The number of nitrogens with zero attached hydrogens (tertiary/aromatic N) is 1. The van der Waals surface area contributed by atoms with Crippen LogP contribution in [0, 0.1) is 0 Å². The first kappa shape index (κ1) is 12.6. The average molecular weight is 311 g/mol. The van der Waals surface area contributed by atoms with Gasteiger partial charge in [0.05, 0.1) is 23.7 Å². The molecule has 18 heavy (non-hydrogen) atoms. The lowest BCUT2D eigenvalue weighted by Crippen LogP contribution is -1.99. The summed E-state index contributed by atoms with van der Waals surface area (Å²) in [5.41, 5.74) is 2.16. The molecule has 94 valence electrons. The number of benzene rings is 1. The molecule has 0 fully saturated rings. The van der Waals surface area contributed by atoms with Gasteiger partial charge in [0.2, 0.25) is 0 Å². The third-order valence-electron chi connectivity index (χ3n) is 2.42. The maximum absolute atomic E-state index is 10.6. The molecule has 0 atom stereocenters. The van der Waals surface area contributed by atoms with Crippen LogP contribution in [0.15, 0.2) is 28.7 Å². The van der Waals surface area contributed by atoms with Gasteiger partial charge in [0, 0.05) is 11.3 Å². The average Bonchev–Trinajstić information content (AvgIpc) is 2.76. The second-order valence-corrected chi connectivity index (χ2v) is 4.55.